The van der Waals surface area contributed by atoms with Crippen LogP contribution in [0.15, 0.2) is 77.9 Å². The molecule has 0 saturated carbocycles. The third-order valence-corrected chi connectivity index (χ3v) is 3.89. The number of non-ortho nitro benzene ring substituents is 1. The van der Waals surface area contributed by atoms with Crippen LogP contribution < -0.4 is 11.2 Å². The van der Waals surface area contributed by atoms with Crippen LogP contribution in [0, 0.1) is 17.0 Å². The molecule has 0 atom stereocenters. The molecule has 0 spiro atoms. The van der Waals surface area contributed by atoms with Crippen molar-refractivity contribution < 1.29 is 4.92 Å². The number of nitrogens with one attached hydrogen (secondary N) is 1. The number of benzene rings is 3. The van der Waals surface area contributed by atoms with Gasteiger partial charge in [-0.2, -0.15) is 5.10 Å². The van der Waals surface area contributed by atoms with E-state index >= 15 is 0 Å². The average Bonchev–Trinajstić information content (AvgIpc) is 2.66. The number of hydrogen-bond donors (Lipinski definition) is 2. The first-order valence-electron chi connectivity index (χ1n) is 8.04. The van der Waals surface area contributed by atoms with Crippen LogP contribution in [0.4, 0.5) is 17.1 Å². The van der Waals surface area contributed by atoms with E-state index in [1.54, 1.807) is 12.1 Å². The third kappa shape index (κ3) is 3.87. The highest BCUT2D eigenvalue weighted by atomic mass is 16.6. The lowest BCUT2D eigenvalue weighted by atomic mass is 9.99. The molecular weight excluding hydrogens is 328 g/mol. The van der Waals surface area contributed by atoms with Crippen LogP contribution in [-0.4, -0.2) is 10.6 Å². The molecule has 0 aliphatic rings. The second kappa shape index (κ2) is 7.48. The Balaban J connectivity index is 1.99. The zero-order chi connectivity index (χ0) is 18.5. The van der Waals surface area contributed by atoms with E-state index in [-0.39, 0.29) is 5.69 Å². The lowest BCUT2D eigenvalue weighted by molar-refractivity contribution is -0.384. The number of nitrogens with zero attached hydrogens (tertiary/aromatic N) is 2. The summed E-state index contributed by atoms with van der Waals surface area (Å²) in [6.45, 7) is 2.00. The Hall–Kier alpha value is -3.67. The summed E-state index contributed by atoms with van der Waals surface area (Å²) in [4.78, 5) is 10.3. The third-order valence-electron chi connectivity index (χ3n) is 3.89. The molecule has 0 amide bonds. The van der Waals surface area contributed by atoms with Crippen molar-refractivity contribution in [2.24, 2.45) is 5.10 Å². The predicted molar refractivity (Wildman–Crippen MR) is 104 cm³/mol. The summed E-state index contributed by atoms with van der Waals surface area (Å²) in [5.74, 6) is 0. The number of hydrazone groups is 1. The topological polar surface area (TPSA) is 93.5 Å². The van der Waals surface area contributed by atoms with Gasteiger partial charge in [0.05, 0.1) is 16.3 Å². The summed E-state index contributed by atoms with van der Waals surface area (Å²) < 4.78 is 0. The first-order chi connectivity index (χ1) is 12.5. The summed E-state index contributed by atoms with van der Waals surface area (Å²) in [7, 11) is 0. The second-order valence-corrected chi connectivity index (χ2v) is 5.83. The monoisotopic (exact) mass is 346 g/mol. The van der Waals surface area contributed by atoms with E-state index < -0.39 is 4.92 Å². The van der Waals surface area contributed by atoms with Crippen LogP contribution in [0.5, 0.6) is 0 Å². The van der Waals surface area contributed by atoms with Crippen molar-refractivity contribution in [2.45, 2.75) is 6.92 Å². The average molecular weight is 346 g/mol. The lowest BCUT2D eigenvalue weighted by Gasteiger charge is -2.12. The molecule has 0 saturated heterocycles. The van der Waals surface area contributed by atoms with Gasteiger partial charge in [-0.3, -0.25) is 15.5 Å². The first-order valence-corrected chi connectivity index (χ1v) is 8.04. The van der Waals surface area contributed by atoms with Crippen LogP contribution >= 0.6 is 0 Å². The molecule has 3 aromatic carbocycles. The van der Waals surface area contributed by atoms with E-state index in [1.807, 2.05) is 55.5 Å². The first kappa shape index (κ1) is 17.2. The number of nitro benzene ring substituents is 1. The van der Waals surface area contributed by atoms with Crippen LogP contribution in [0.3, 0.4) is 0 Å². The molecule has 6 nitrogen and oxygen atoms in total. The highest BCUT2D eigenvalue weighted by Gasteiger charge is 2.11. The van der Waals surface area contributed by atoms with Gasteiger partial charge in [0.2, 0.25) is 0 Å². The Morgan fingerprint density at radius 2 is 1.73 bits per heavy atom. The van der Waals surface area contributed by atoms with Crippen molar-refractivity contribution in [1.82, 2.24) is 0 Å². The minimum atomic E-state index is -0.435. The van der Waals surface area contributed by atoms with E-state index in [0.717, 1.165) is 16.7 Å². The standard InChI is InChI=1S/C20H18N4O2/c1-14-7-12-19(21)18(13-14)20(15-5-3-2-4-6-15)23-22-16-8-10-17(11-9-16)24(25)26/h2-13,22H,21H2,1H3/b23-20-. The van der Waals surface area contributed by atoms with Crippen LogP contribution in [0.2, 0.25) is 0 Å². The Kier molecular flexibility index (Phi) is 4.94. The highest BCUT2D eigenvalue weighted by molar-refractivity contribution is 6.16. The van der Waals surface area contributed by atoms with Gasteiger partial charge < -0.3 is 5.73 Å². The minimum absolute atomic E-state index is 0.0331. The predicted octanol–water partition coefficient (Wildman–Crippen LogP) is 4.35. The van der Waals surface area contributed by atoms with E-state index in [0.29, 0.717) is 17.1 Å². The van der Waals surface area contributed by atoms with Gasteiger partial charge in [-0.05, 0) is 31.2 Å². The van der Waals surface area contributed by atoms with Crippen molar-refractivity contribution in [3.05, 3.63) is 99.6 Å². The van der Waals surface area contributed by atoms with Gasteiger partial charge in [0.25, 0.3) is 5.69 Å². The zero-order valence-corrected chi connectivity index (χ0v) is 14.2. The Bertz CT molecular complexity index is 951. The van der Waals surface area contributed by atoms with Crippen LogP contribution in [0.25, 0.3) is 0 Å². The highest BCUT2D eigenvalue weighted by Crippen LogP contribution is 2.21. The van der Waals surface area contributed by atoms with Crippen molar-refractivity contribution in [3.8, 4) is 0 Å². The van der Waals surface area contributed by atoms with Crippen LogP contribution in [-0.2, 0) is 0 Å². The number of nitrogens with two attached hydrogens (primary N) is 1. The molecule has 0 unspecified atom stereocenters. The van der Waals surface area contributed by atoms with Crippen molar-refractivity contribution >= 4 is 22.8 Å². The fourth-order valence-corrected chi connectivity index (χ4v) is 2.53. The van der Waals surface area contributed by atoms with Gasteiger partial charge in [-0.25, -0.2) is 0 Å². The lowest BCUT2D eigenvalue weighted by Crippen LogP contribution is -2.09. The maximum absolute atomic E-state index is 10.8. The van der Waals surface area contributed by atoms with E-state index in [1.165, 1.54) is 12.1 Å². The molecule has 0 bridgehead atoms. The summed E-state index contributed by atoms with van der Waals surface area (Å²) in [6, 6.07) is 21.6. The van der Waals surface area contributed by atoms with Crippen molar-refractivity contribution in [1.29, 1.82) is 0 Å². The molecule has 0 aliphatic heterocycles. The summed E-state index contributed by atoms with van der Waals surface area (Å²) in [5, 5.41) is 15.3. The summed E-state index contributed by atoms with van der Waals surface area (Å²) >= 11 is 0. The zero-order valence-electron chi connectivity index (χ0n) is 14.2. The van der Waals surface area contributed by atoms with Gasteiger partial charge >= 0.3 is 0 Å². The number of aryl methyl sites for hydroxylation is 1. The number of rotatable bonds is 5. The molecule has 26 heavy (non-hydrogen) atoms. The van der Waals surface area contributed by atoms with Gasteiger partial charge in [0.15, 0.2) is 0 Å². The smallest absolute Gasteiger partial charge is 0.269 e. The number of hydrogen-bond acceptors (Lipinski definition) is 5. The molecule has 0 aromatic heterocycles. The fraction of sp³-hybridized carbons (Fsp3) is 0.0500. The Labute approximate surface area is 151 Å². The minimum Gasteiger partial charge on any atom is -0.398 e. The Morgan fingerprint density at radius 3 is 2.38 bits per heavy atom. The SMILES string of the molecule is Cc1ccc(N)c(/C(=N\Nc2ccc([N+](=O)[O-])cc2)c2ccccc2)c1. The molecule has 6 heteroatoms. The quantitative estimate of drug-likeness (QED) is 0.311. The van der Waals surface area contributed by atoms with Crippen molar-refractivity contribution in [3.63, 3.8) is 0 Å². The Morgan fingerprint density at radius 1 is 1.04 bits per heavy atom. The number of nitro groups is 1. The number of anilines is 2. The fourth-order valence-electron chi connectivity index (χ4n) is 2.53. The molecule has 3 rings (SSSR count). The molecule has 0 heterocycles. The molecule has 0 aliphatic carbocycles. The number of nitrogen functional groups attached to an aromatic ring is 1. The molecule has 3 aromatic rings. The maximum Gasteiger partial charge on any atom is 0.269 e. The van der Waals surface area contributed by atoms with Gasteiger partial charge in [-0.1, -0.05) is 42.0 Å². The molecule has 0 radical (unpaired) electrons. The van der Waals surface area contributed by atoms with E-state index in [4.69, 9.17) is 5.73 Å². The molecule has 130 valence electrons. The normalized spacial score (nSPS) is 11.2. The maximum atomic E-state index is 10.8. The molecular formula is C20H18N4O2. The van der Waals surface area contributed by atoms with Gasteiger partial charge in [-0.15, -0.1) is 0 Å². The largest absolute Gasteiger partial charge is 0.398 e. The second-order valence-electron chi connectivity index (χ2n) is 5.83. The van der Waals surface area contributed by atoms with E-state index in [2.05, 4.69) is 10.5 Å². The summed E-state index contributed by atoms with van der Waals surface area (Å²) in [5.41, 5.74) is 14.0. The van der Waals surface area contributed by atoms with Gasteiger partial charge in [0, 0.05) is 28.9 Å². The van der Waals surface area contributed by atoms with Gasteiger partial charge in [0.1, 0.15) is 0 Å². The van der Waals surface area contributed by atoms with E-state index in [9.17, 15) is 10.1 Å². The molecule has 3 N–H and O–H groups in total. The van der Waals surface area contributed by atoms with Crippen LogP contribution in [0.1, 0.15) is 16.7 Å². The van der Waals surface area contributed by atoms with Crippen molar-refractivity contribution in [2.75, 3.05) is 11.2 Å². The molecule has 0 fully saturated rings. The summed E-state index contributed by atoms with van der Waals surface area (Å²) in [6.07, 6.45) is 0.